The standard InChI is InChI=1S/C9H13N3OS/c1-7(13)12-9(2-3-10-6-9)8-11-4-5-14-8/h4-5,10H,2-3,6H2,1H3,(H,12,13). The number of nitrogens with zero attached hydrogens (tertiary/aromatic N) is 1. The summed E-state index contributed by atoms with van der Waals surface area (Å²) in [6, 6.07) is 0. The van der Waals surface area contributed by atoms with Gasteiger partial charge in [-0.25, -0.2) is 4.98 Å². The van der Waals surface area contributed by atoms with Crippen molar-refractivity contribution in [1.82, 2.24) is 15.6 Å². The van der Waals surface area contributed by atoms with E-state index in [4.69, 9.17) is 0 Å². The zero-order valence-electron chi connectivity index (χ0n) is 8.04. The molecule has 1 aromatic heterocycles. The summed E-state index contributed by atoms with van der Waals surface area (Å²) in [6.45, 7) is 3.26. The fourth-order valence-corrected chi connectivity index (χ4v) is 2.65. The Balaban J connectivity index is 2.26. The van der Waals surface area contributed by atoms with E-state index >= 15 is 0 Å². The highest BCUT2D eigenvalue weighted by molar-refractivity contribution is 7.09. The molecule has 4 nitrogen and oxygen atoms in total. The Morgan fingerprint density at radius 2 is 2.64 bits per heavy atom. The molecule has 0 radical (unpaired) electrons. The van der Waals surface area contributed by atoms with Gasteiger partial charge in [-0.15, -0.1) is 11.3 Å². The van der Waals surface area contributed by atoms with E-state index < -0.39 is 0 Å². The van der Waals surface area contributed by atoms with Crippen LogP contribution >= 0.6 is 11.3 Å². The molecule has 2 heterocycles. The summed E-state index contributed by atoms with van der Waals surface area (Å²) in [5.74, 6) is 0.00361. The Kier molecular flexibility index (Phi) is 2.52. The summed E-state index contributed by atoms with van der Waals surface area (Å²) >= 11 is 1.60. The largest absolute Gasteiger partial charge is 0.343 e. The summed E-state index contributed by atoms with van der Waals surface area (Å²) in [7, 11) is 0. The average molecular weight is 211 g/mol. The first kappa shape index (κ1) is 9.61. The lowest BCUT2D eigenvalue weighted by atomic mass is 9.99. The third kappa shape index (κ3) is 1.65. The van der Waals surface area contributed by atoms with E-state index in [1.54, 1.807) is 24.5 Å². The van der Waals surface area contributed by atoms with Gasteiger partial charge in [0.05, 0.1) is 0 Å². The minimum atomic E-state index is -0.264. The van der Waals surface area contributed by atoms with Gasteiger partial charge in [-0.3, -0.25) is 4.79 Å². The second-order valence-electron chi connectivity index (χ2n) is 3.53. The lowest BCUT2D eigenvalue weighted by Gasteiger charge is -2.26. The van der Waals surface area contributed by atoms with Crippen LogP contribution in [-0.4, -0.2) is 24.0 Å². The van der Waals surface area contributed by atoms with Crippen molar-refractivity contribution in [3.8, 4) is 0 Å². The van der Waals surface area contributed by atoms with Crippen LogP contribution in [0.4, 0.5) is 0 Å². The molecule has 0 aliphatic carbocycles. The first-order valence-corrected chi connectivity index (χ1v) is 5.50. The molecule has 5 heteroatoms. The number of aromatic nitrogens is 1. The van der Waals surface area contributed by atoms with Crippen molar-refractivity contribution in [2.45, 2.75) is 18.9 Å². The van der Waals surface area contributed by atoms with Gasteiger partial charge in [-0.05, 0) is 13.0 Å². The fourth-order valence-electron chi connectivity index (χ4n) is 1.83. The monoisotopic (exact) mass is 211 g/mol. The van der Waals surface area contributed by atoms with E-state index in [9.17, 15) is 4.79 Å². The summed E-state index contributed by atoms with van der Waals surface area (Å²) in [6.07, 6.45) is 2.70. The predicted molar refractivity (Wildman–Crippen MR) is 55.1 cm³/mol. The molecule has 1 amide bonds. The van der Waals surface area contributed by atoms with Crippen LogP contribution in [0.15, 0.2) is 11.6 Å². The van der Waals surface area contributed by atoms with E-state index in [1.165, 1.54) is 0 Å². The van der Waals surface area contributed by atoms with Crippen molar-refractivity contribution in [2.24, 2.45) is 0 Å². The van der Waals surface area contributed by atoms with Gasteiger partial charge in [0.25, 0.3) is 0 Å². The zero-order chi connectivity index (χ0) is 10.0. The molecule has 0 saturated carbocycles. The van der Waals surface area contributed by atoms with Crippen LogP contribution in [0.25, 0.3) is 0 Å². The highest BCUT2D eigenvalue weighted by Gasteiger charge is 2.38. The van der Waals surface area contributed by atoms with Gasteiger partial charge >= 0.3 is 0 Å². The molecule has 1 saturated heterocycles. The first-order chi connectivity index (χ1) is 6.73. The van der Waals surface area contributed by atoms with Gasteiger partial charge in [0, 0.05) is 25.0 Å². The van der Waals surface area contributed by atoms with Gasteiger partial charge in [-0.2, -0.15) is 0 Å². The van der Waals surface area contributed by atoms with Crippen LogP contribution in [0.5, 0.6) is 0 Å². The molecule has 0 spiro atoms. The Morgan fingerprint density at radius 1 is 1.79 bits per heavy atom. The van der Waals surface area contributed by atoms with E-state index in [2.05, 4.69) is 15.6 Å². The number of thiazole rings is 1. The molecule has 1 unspecified atom stereocenters. The molecule has 0 bridgehead atoms. The maximum Gasteiger partial charge on any atom is 0.217 e. The summed E-state index contributed by atoms with van der Waals surface area (Å²) in [5, 5.41) is 9.20. The van der Waals surface area contributed by atoms with Crippen LogP contribution in [0.1, 0.15) is 18.4 Å². The van der Waals surface area contributed by atoms with Crippen molar-refractivity contribution >= 4 is 17.2 Å². The van der Waals surface area contributed by atoms with E-state index in [-0.39, 0.29) is 11.4 Å². The summed E-state index contributed by atoms with van der Waals surface area (Å²) in [4.78, 5) is 15.4. The molecule has 1 atom stereocenters. The van der Waals surface area contributed by atoms with Gasteiger partial charge in [-0.1, -0.05) is 0 Å². The molecular weight excluding hydrogens is 198 g/mol. The van der Waals surface area contributed by atoms with Crippen molar-refractivity contribution in [1.29, 1.82) is 0 Å². The first-order valence-electron chi connectivity index (χ1n) is 4.62. The molecule has 1 aliphatic rings. The van der Waals surface area contributed by atoms with Crippen molar-refractivity contribution < 1.29 is 4.79 Å². The molecule has 1 fully saturated rings. The maximum absolute atomic E-state index is 11.1. The van der Waals surface area contributed by atoms with Crippen molar-refractivity contribution in [2.75, 3.05) is 13.1 Å². The Labute approximate surface area is 86.7 Å². The van der Waals surface area contributed by atoms with E-state index in [1.807, 2.05) is 5.38 Å². The number of hydrogen-bond acceptors (Lipinski definition) is 4. The molecule has 1 aromatic rings. The van der Waals surface area contributed by atoms with Gasteiger partial charge in [0.15, 0.2) is 0 Å². The van der Waals surface area contributed by atoms with Crippen LogP contribution in [0.3, 0.4) is 0 Å². The Bertz CT molecular complexity index is 317. The number of carbonyl (C=O) groups is 1. The number of nitrogens with one attached hydrogen (secondary N) is 2. The normalized spacial score (nSPS) is 26.4. The third-order valence-electron chi connectivity index (χ3n) is 2.41. The fraction of sp³-hybridized carbons (Fsp3) is 0.556. The number of carbonyl (C=O) groups excluding carboxylic acids is 1. The number of amides is 1. The lowest BCUT2D eigenvalue weighted by molar-refractivity contribution is -0.120. The molecule has 76 valence electrons. The molecule has 0 aromatic carbocycles. The third-order valence-corrected chi connectivity index (χ3v) is 3.39. The minimum Gasteiger partial charge on any atom is -0.343 e. The smallest absolute Gasteiger partial charge is 0.217 e. The number of hydrogen-bond donors (Lipinski definition) is 2. The van der Waals surface area contributed by atoms with Crippen molar-refractivity contribution in [3.63, 3.8) is 0 Å². The quantitative estimate of drug-likeness (QED) is 0.747. The van der Waals surface area contributed by atoms with E-state index in [0.29, 0.717) is 0 Å². The average Bonchev–Trinajstić information content (AvgIpc) is 2.69. The summed E-state index contributed by atoms with van der Waals surface area (Å²) in [5.41, 5.74) is -0.264. The zero-order valence-corrected chi connectivity index (χ0v) is 8.86. The van der Waals surface area contributed by atoms with E-state index in [0.717, 1.165) is 24.5 Å². The summed E-state index contributed by atoms with van der Waals surface area (Å²) < 4.78 is 0. The van der Waals surface area contributed by atoms with Gasteiger partial charge in [0.2, 0.25) is 5.91 Å². The molecule has 14 heavy (non-hydrogen) atoms. The van der Waals surface area contributed by atoms with Crippen LogP contribution in [0.2, 0.25) is 0 Å². The molecule has 2 N–H and O–H groups in total. The number of rotatable bonds is 2. The second-order valence-corrected chi connectivity index (χ2v) is 4.42. The maximum atomic E-state index is 11.1. The van der Waals surface area contributed by atoms with Gasteiger partial charge in [0.1, 0.15) is 10.5 Å². The highest BCUT2D eigenvalue weighted by Crippen LogP contribution is 2.29. The van der Waals surface area contributed by atoms with Crippen molar-refractivity contribution in [3.05, 3.63) is 16.6 Å². The van der Waals surface area contributed by atoms with Gasteiger partial charge < -0.3 is 10.6 Å². The minimum absolute atomic E-state index is 0.00361. The lowest BCUT2D eigenvalue weighted by Crippen LogP contribution is -2.46. The Morgan fingerprint density at radius 3 is 3.14 bits per heavy atom. The predicted octanol–water partition coefficient (Wildman–Crippen LogP) is 0.468. The Hall–Kier alpha value is -0.940. The molecule has 2 rings (SSSR count). The van der Waals surface area contributed by atoms with Crippen LogP contribution < -0.4 is 10.6 Å². The second kappa shape index (κ2) is 3.67. The van der Waals surface area contributed by atoms with Crippen LogP contribution in [0, 0.1) is 0 Å². The van der Waals surface area contributed by atoms with Crippen LogP contribution in [-0.2, 0) is 10.3 Å². The topological polar surface area (TPSA) is 54.0 Å². The molecule has 1 aliphatic heterocycles. The SMILES string of the molecule is CC(=O)NC1(c2nccs2)CCNC1. The highest BCUT2D eigenvalue weighted by atomic mass is 32.1. The molecular formula is C9H13N3OS.